The van der Waals surface area contributed by atoms with Crippen molar-refractivity contribution in [2.24, 2.45) is 0 Å². The number of nitrogens with zero attached hydrogens (tertiary/aromatic N) is 2. The molecule has 2 aromatic heterocycles. The molecule has 1 aliphatic rings. The lowest BCUT2D eigenvalue weighted by Gasteiger charge is -2.18. The van der Waals surface area contributed by atoms with Crippen molar-refractivity contribution >= 4 is 33.3 Å². The Kier molecular flexibility index (Phi) is 3.65. The molecule has 6 heteroatoms. The first-order valence-electron chi connectivity index (χ1n) is 8.70. The third-order valence-corrected chi connectivity index (χ3v) is 5.80. The Hall–Kier alpha value is -3.25. The summed E-state index contributed by atoms with van der Waals surface area (Å²) in [6.07, 6.45) is 2.63. The topological polar surface area (TPSA) is 80.9 Å². The maximum Gasteiger partial charge on any atom is 0.251 e. The predicted octanol–water partition coefficient (Wildman–Crippen LogP) is 3.89. The summed E-state index contributed by atoms with van der Waals surface area (Å²) in [6.45, 7) is 0.663. The highest BCUT2D eigenvalue weighted by atomic mass is 32.1. The summed E-state index contributed by atoms with van der Waals surface area (Å²) in [5, 5.41) is 2.87. The first-order chi connectivity index (χ1) is 13.2. The molecule has 5 rings (SSSR count). The molecule has 5 nitrogen and oxygen atoms in total. The molecule has 0 fully saturated rings. The van der Waals surface area contributed by atoms with E-state index < -0.39 is 0 Å². The Balaban J connectivity index is 1.65. The zero-order valence-corrected chi connectivity index (χ0v) is 15.2. The zero-order valence-electron chi connectivity index (χ0n) is 14.4. The number of rotatable bonds is 2. The molecule has 0 radical (unpaired) electrons. The number of carbonyl (C=O) groups excluding carboxylic acids is 1. The van der Waals surface area contributed by atoms with Gasteiger partial charge in [0.15, 0.2) is 0 Å². The summed E-state index contributed by atoms with van der Waals surface area (Å²) >= 11 is 1.62. The minimum atomic E-state index is -0.0143. The van der Waals surface area contributed by atoms with Gasteiger partial charge in [-0.25, -0.2) is 9.97 Å². The molecule has 0 spiro atoms. The van der Waals surface area contributed by atoms with Gasteiger partial charge in [0.05, 0.1) is 15.7 Å². The van der Waals surface area contributed by atoms with E-state index in [1.54, 1.807) is 17.5 Å². The van der Waals surface area contributed by atoms with Crippen LogP contribution in [0.1, 0.15) is 15.9 Å². The van der Waals surface area contributed by atoms with Gasteiger partial charge in [0.25, 0.3) is 5.91 Å². The molecule has 132 valence electrons. The third-order valence-electron chi connectivity index (χ3n) is 4.93. The Labute approximate surface area is 159 Å². The van der Waals surface area contributed by atoms with Gasteiger partial charge in [0.2, 0.25) is 0 Å². The van der Waals surface area contributed by atoms with E-state index >= 15 is 0 Å². The monoisotopic (exact) mass is 372 g/mol. The molecule has 3 heterocycles. The van der Waals surface area contributed by atoms with E-state index in [2.05, 4.69) is 33.5 Å². The molecule has 0 aliphatic carbocycles. The molecule has 2 aromatic carbocycles. The van der Waals surface area contributed by atoms with E-state index in [0.717, 1.165) is 50.0 Å². The van der Waals surface area contributed by atoms with Crippen molar-refractivity contribution in [2.75, 3.05) is 12.3 Å². The number of pyridine rings is 1. The zero-order chi connectivity index (χ0) is 18.4. The lowest BCUT2D eigenvalue weighted by molar-refractivity contribution is 0.0946. The highest BCUT2D eigenvalue weighted by Crippen LogP contribution is 2.35. The number of nitrogens with one attached hydrogen (secondary N) is 1. The van der Waals surface area contributed by atoms with Crippen molar-refractivity contribution < 1.29 is 4.79 Å². The normalized spacial score (nSPS) is 13.4. The van der Waals surface area contributed by atoms with Crippen LogP contribution in [0.4, 0.5) is 5.82 Å². The SMILES string of the molecule is Nc1ncc(-c2cccc3ncsc23)cc1-c1ccc2c(c1)CCNC2=O. The minimum Gasteiger partial charge on any atom is -0.383 e. The molecule has 4 aromatic rings. The van der Waals surface area contributed by atoms with E-state index in [-0.39, 0.29) is 5.91 Å². The van der Waals surface area contributed by atoms with Crippen LogP contribution in [0.5, 0.6) is 0 Å². The second-order valence-electron chi connectivity index (χ2n) is 6.54. The van der Waals surface area contributed by atoms with Crippen molar-refractivity contribution in [2.45, 2.75) is 6.42 Å². The molecular formula is C21H16N4OS. The number of hydrogen-bond acceptors (Lipinski definition) is 5. The maximum absolute atomic E-state index is 12.0. The van der Waals surface area contributed by atoms with Crippen LogP contribution in [0.15, 0.2) is 54.2 Å². The minimum absolute atomic E-state index is 0.0143. The van der Waals surface area contributed by atoms with Gasteiger partial charge in [0, 0.05) is 35.0 Å². The number of amides is 1. The van der Waals surface area contributed by atoms with Gasteiger partial charge in [-0.15, -0.1) is 11.3 Å². The number of nitrogens with two attached hydrogens (primary N) is 1. The van der Waals surface area contributed by atoms with Gasteiger partial charge in [-0.3, -0.25) is 4.79 Å². The number of nitrogen functional groups attached to an aromatic ring is 1. The van der Waals surface area contributed by atoms with Crippen LogP contribution in [0, 0.1) is 0 Å². The Bertz CT molecular complexity index is 1200. The van der Waals surface area contributed by atoms with E-state index in [4.69, 9.17) is 5.73 Å². The lowest BCUT2D eigenvalue weighted by atomic mass is 9.94. The number of hydrogen-bond donors (Lipinski definition) is 2. The molecule has 1 amide bonds. The third kappa shape index (κ3) is 2.65. The van der Waals surface area contributed by atoms with Crippen molar-refractivity contribution in [3.63, 3.8) is 0 Å². The molecule has 0 bridgehead atoms. The van der Waals surface area contributed by atoms with Gasteiger partial charge in [-0.1, -0.05) is 24.3 Å². The summed E-state index contributed by atoms with van der Waals surface area (Å²) in [7, 11) is 0. The quantitative estimate of drug-likeness (QED) is 0.559. The molecule has 0 atom stereocenters. The van der Waals surface area contributed by atoms with Crippen LogP contribution in [-0.4, -0.2) is 22.4 Å². The van der Waals surface area contributed by atoms with Gasteiger partial charge >= 0.3 is 0 Å². The van der Waals surface area contributed by atoms with Crippen molar-refractivity contribution in [3.8, 4) is 22.3 Å². The van der Waals surface area contributed by atoms with E-state index in [1.165, 1.54) is 0 Å². The molecule has 0 unspecified atom stereocenters. The molecule has 3 N–H and O–H groups in total. The molecular weight excluding hydrogens is 356 g/mol. The summed E-state index contributed by atoms with van der Waals surface area (Å²) in [4.78, 5) is 20.8. The highest BCUT2D eigenvalue weighted by Gasteiger charge is 2.18. The number of benzene rings is 2. The fourth-order valence-electron chi connectivity index (χ4n) is 3.56. The summed E-state index contributed by atoms with van der Waals surface area (Å²) < 4.78 is 1.14. The van der Waals surface area contributed by atoms with E-state index in [1.807, 2.05) is 29.8 Å². The van der Waals surface area contributed by atoms with Crippen molar-refractivity contribution in [3.05, 3.63) is 65.3 Å². The Morgan fingerprint density at radius 3 is 2.85 bits per heavy atom. The first-order valence-corrected chi connectivity index (χ1v) is 9.58. The van der Waals surface area contributed by atoms with Gasteiger partial charge in [-0.2, -0.15) is 0 Å². The van der Waals surface area contributed by atoms with Gasteiger partial charge in [-0.05, 0) is 35.7 Å². The average molecular weight is 372 g/mol. The fourth-order valence-corrected chi connectivity index (χ4v) is 4.39. The smallest absolute Gasteiger partial charge is 0.251 e. The van der Waals surface area contributed by atoms with Crippen LogP contribution >= 0.6 is 11.3 Å². The van der Waals surface area contributed by atoms with Crippen LogP contribution in [0.25, 0.3) is 32.5 Å². The Morgan fingerprint density at radius 1 is 1.00 bits per heavy atom. The standard InChI is InChI=1S/C21H16N4OS/c22-20-17(12-4-5-16-13(8-12)6-7-23-21(16)26)9-14(10-24-20)15-2-1-3-18-19(15)27-11-25-18/h1-5,8-11H,6-7H2,(H2,22,24)(H,23,26). The van der Waals surface area contributed by atoms with Crippen LogP contribution in [0.2, 0.25) is 0 Å². The van der Waals surface area contributed by atoms with E-state index in [0.29, 0.717) is 12.4 Å². The van der Waals surface area contributed by atoms with Crippen LogP contribution < -0.4 is 11.1 Å². The summed E-state index contributed by atoms with van der Waals surface area (Å²) in [5.74, 6) is 0.468. The number of carbonyl (C=O) groups is 1. The number of aromatic nitrogens is 2. The fraction of sp³-hybridized carbons (Fsp3) is 0.0952. The van der Waals surface area contributed by atoms with Gasteiger partial charge < -0.3 is 11.1 Å². The molecule has 27 heavy (non-hydrogen) atoms. The molecule has 0 saturated heterocycles. The van der Waals surface area contributed by atoms with Crippen LogP contribution in [-0.2, 0) is 6.42 Å². The maximum atomic E-state index is 12.0. The second kappa shape index (κ2) is 6.17. The Morgan fingerprint density at radius 2 is 1.93 bits per heavy atom. The summed E-state index contributed by atoms with van der Waals surface area (Å²) in [5.41, 5.74) is 14.8. The van der Waals surface area contributed by atoms with Crippen LogP contribution in [0.3, 0.4) is 0 Å². The van der Waals surface area contributed by atoms with E-state index in [9.17, 15) is 4.79 Å². The molecule has 1 aliphatic heterocycles. The van der Waals surface area contributed by atoms with Crippen molar-refractivity contribution in [1.82, 2.24) is 15.3 Å². The van der Waals surface area contributed by atoms with Gasteiger partial charge in [0.1, 0.15) is 5.82 Å². The molecule has 0 saturated carbocycles. The number of thiazole rings is 1. The number of anilines is 1. The summed E-state index contributed by atoms with van der Waals surface area (Å²) in [6, 6.07) is 14.0. The largest absolute Gasteiger partial charge is 0.383 e. The first kappa shape index (κ1) is 16.0. The number of fused-ring (bicyclic) bond motifs is 2. The average Bonchev–Trinajstić information content (AvgIpc) is 3.17. The lowest BCUT2D eigenvalue weighted by Crippen LogP contribution is -2.31. The highest BCUT2D eigenvalue weighted by molar-refractivity contribution is 7.17. The predicted molar refractivity (Wildman–Crippen MR) is 109 cm³/mol. The van der Waals surface area contributed by atoms with Crippen molar-refractivity contribution in [1.29, 1.82) is 0 Å². The second-order valence-corrected chi connectivity index (χ2v) is 7.40.